The van der Waals surface area contributed by atoms with Crippen LogP contribution in [0.3, 0.4) is 0 Å². The van der Waals surface area contributed by atoms with Crippen molar-refractivity contribution in [2.45, 2.75) is 13.0 Å². The molecule has 0 aromatic heterocycles. The minimum Gasteiger partial charge on any atom is -0.493 e. The Morgan fingerprint density at radius 1 is 1.29 bits per heavy atom. The zero-order valence-electron chi connectivity index (χ0n) is 8.37. The average Bonchev–Trinajstić information content (AvgIpc) is 2.16. The largest absolute Gasteiger partial charge is 0.493 e. The maximum Gasteiger partial charge on any atom is 0.174 e. The molecule has 0 saturated carbocycles. The molecular formula is C10H13BrO3. The predicted molar refractivity (Wildman–Crippen MR) is 57.9 cm³/mol. The van der Waals surface area contributed by atoms with Crippen LogP contribution in [0.25, 0.3) is 0 Å². The fourth-order valence-electron chi connectivity index (χ4n) is 1.18. The molecule has 0 spiro atoms. The highest BCUT2D eigenvalue weighted by molar-refractivity contribution is 9.10. The van der Waals surface area contributed by atoms with Gasteiger partial charge in [-0.05, 0) is 40.5 Å². The molecule has 0 bridgehead atoms. The van der Waals surface area contributed by atoms with Gasteiger partial charge in [-0.25, -0.2) is 0 Å². The number of hydrogen-bond acceptors (Lipinski definition) is 3. The molecule has 0 unspecified atom stereocenters. The maximum absolute atomic E-state index is 9.41. The topological polar surface area (TPSA) is 38.7 Å². The van der Waals surface area contributed by atoms with Crippen LogP contribution in [-0.2, 0) is 0 Å². The van der Waals surface area contributed by atoms with Gasteiger partial charge in [-0.15, -0.1) is 0 Å². The molecule has 1 aromatic rings. The van der Waals surface area contributed by atoms with Crippen molar-refractivity contribution < 1.29 is 14.6 Å². The van der Waals surface area contributed by atoms with Crippen molar-refractivity contribution in [3.05, 3.63) is 22.2 Å². The van der Waals surface area contributed by atoms with Crippen molar-refractivity contribution in [1.29, 1.82) is 0 Å². The van der Waals surface area contributed by atoms with Gasteiger partial charge in [-0.2, -0.15) is 0 Å². The first-order chi connectivity index (χ1) is 6.60. The Labute approximate surface area is 91.8 Å². The maximum atomic E-state index is 9.41. The van der Waals surface area contributed by atoms with Gasteiger partial charge in [0.2, 0.25) is 0 Å². The second kappa shape index (κ2) is 4.66. The number of aliphatic hydroxyl groups is 1. The van der Waals surface area contributed by atoms with E-state index in [1.807, 2.05) is 6.07 Å². The van der Waals surface area contributed by atoms with E-state index in [1.54, 1.807) is 27.2 Å². The van der Waals surface area contributed by atoms with E-state index in [4.69, 9.17) is 9.47 Å². The second-order valence-corrected chi connectivity index (χ2v) is 3.77. The monoisotopic (exact) mass is 260 g/mol. The van der Waals surface area contributed by atoms with Gasteiger partial charge in [-0.1, -0.05) is 0 Å². The van der Waals surface area contributed by atoms with E-state index >= 15 is 0 Å². The Hall–Kier alpha value is -0.740. The van der Waals surface area contributed by atoms with Gasteiger partial charge in [0.1, 0.15) is 0 Å². The molecule has 14 heavy (non-hydrogen) atoms. The lowest BCUT2D eigenvalue weighted by molar-refractivity contribution is 0.198. The third-order valence-electron chi connectivity index (χ3n) is 1.94. The average molecular weight is 261 g/mol. The van der Waals surface area contributed by atoms with Crippen molar-refractivity contribution >= 4 is 15.9 Å². The third kappa shape index (κ3) is 2.19. The zero-order chi connectivity index (χ0) is 10.7. The molecule has 0 fully saturated rings. The first kappa shape index (κ1) is 11.3. The smallest absolute Gasteiger partial charge is 0.174 e. The van der Waals surface area contributed by atoms with E-state index in [9.17, 15) is 5.11 Å². The lowest BCUT2D eigenvalue weighted by Crippen LogP contribution is -1.96. The van der Waals surface area contributed by atoms with Crippen molar-refractivity contribution in [3.8, 4) is 11.5 Å². The highest BCUT2D eigenvalue weighted by atomic mass is 79.9. The molecule has 0 radical (unpaired) electrons. The summed E-state index contributed by atoms with van der Waals surface area (Å²) in [5.41, 5.74) is 0.787. The lowest BCUT2D eigenvalue weighted by atomic mass is 10.1. The van der Waals surface area contributed by atoms with Gasteiger partial charge in [0, 0.05) is 0 Å². The molecule has 0 aliphatic rings. The highest BCUT2D eigenvalue weighted by Crippen LogP contribution is 2.37. The summed E-state index contributed by atoms with van der Waals surface area (Å²) in [5, 5.41) is 9.41. The minimum absolute atomic E-state index is 0.522. The molecule has 1 atom stereocenters. The van der Waals surface area contributed by atoms with Crippen molar-refractivity contribution in [1.82, 2.24) is 0 Å². The van der Waals surface area contributed by atoms with E-state index in [0.717, 1.165) is 10.0 Å². The van der Waals surface area contributed by atoms with E-state index in [1.165, 1.54) is 0 Å². The van der Waals surface area contributed by atoms with Crippen LogP contribution in [0, 0.1) is 0 Å². The Bertz CT molecular complexity index is 323. The summed E-state index contributed by atoms with van der Waals surface area (Å²) < 4.78 is 11.1. The number of aliphatic hydroxyl groups excluding tert-OH is 1. The summed E-state index contributed by atoms with van der Waals surface area (Å²) in [4.78, 5) is 0. The van der Waals surface area contributed by atoms with Crippen molar-refractivity contribution in [2.75, 3.05) is 14.2 Å². The summed E-state index contributed by atoms with van der Waals surface area (Å²) in [7, 11) is 3.14. The fourth-order valence-corrected chi connectivity index (χ4v) is 1.80. The zero-order valence-corrected chi connectivity index (χ0v) is 9.96. The molecule has 78 valence electrons. The van der Waals surface area contributed by atoms with Crippen LogP contribution >= 0.6 is 15.9 Å². The first-order valence-electron chi connectivity index (χ1n) is 4.19. The predicted octanol–water partition coefficient (Wildman–Crippen LogP) is 2.52. The van der Waals surface area contributed by atoms with Crippen LogP contribution in [0.5, 0.6) is 11.5 Å². The van der Waals surface area contributed by atoms with Crippen molar-refractivity contribution in [2.24, 2.45) is 0 Å². The number of halogens is 1. The molecule has 0 amide bonds. The van der Waals surface area contributed by atoms with Crippen LogP contribution in [0.15, 0.2) is 16.6 Å². The molecular weight excluding hydrogens is 248 g/mol. The second-order valence-electron chi connectivity index (χ2n) is 2.91. The molecule has 0 aliphatic carbocycles. The van der Waals surface area contributed by atoms with Crippen LogP contribution in [0.1, 0.15) is 18.6 Å². The van der Waals surface area contributed by atoms with Gasteiger partial charge < -0.3 is 14.6 Å². The standard InChI is InChI=1S/C10H13BrO3/c1-6(12)7-4-8(11)10(14-3)9(5-7)13-2/h4-6,12H,1-3H3/t6-/m0/s1. The number of methoxy groups -OCH3 is 2. The Kier molecular flexibility index (Phi) is 3.77. The summed E-state index contributed by atoms with van der Waals surface area (Å²) in [6, 6.07) is 3.57. The Morgan fingerprint density at radius 2 is 1.93 bits per heavy atom. The van der Waals surface area contributed by atoms with Gasteiger partial charge in [0.15, 0.2) is 11.5 Å². The lowest BCUT2D eigenvalue weighted by Gasteiger charge is -2.13. The molecule has 1 rings (SSSR count). The van der Waals surface area contributed by atoms with Gasteiger partial charge in [-0.3, -0.25) is 0 Å². The SMILES string of the molecule is COc1cc([C@H](C)O)cc(Br)c1OC. The van der Waals surface area contributed by atoms with E-state index < -0.39 is 6.10 Å². The van der Waals surface area contributed by atoms with E-state index in [2.05, 4.69) is 15.9 Å². The quantitative estimate of drug-likeness (QED) is 0.908. The van der Waals surface area contributed by atoms with Crippen LogP contribution in [-0.4, -0.2) is 19.3 Å². The summed E-state index contributed by atoms with van der Waals surface area (Å²) in [6.07, 6.45) is -0.522. The number of rotatable bonds is 3. The van der Waals surface area contributed by atoms with Crippen LogP contribution < -0.4 is 9.47 Å². The highest BCUT2D eigenvalue weighted by Gasteiger charge is 2.12. The van der Waals surface area contributed by atoms with Gasteiger partial charge >= 0.3 is 0 Å². The normalized spacial score (nSPS) is 12.4. The fraction of sp³-hybridized carbons (Fsp3) is 0.400. The van der Waals surface area contributed by atoms with Crippen LogP contribution in [0.2, 0.25) is 0 Å². The summed E-state index contributed by atoms with van der Waals surface area (Å²) >= 11 is 3.35. The number of benzene rings is 1. The number of hydrogen-bond donors (Lipinski definition) is 1. The van der Waals surface area contributed by atoms with E-state index in [0.29, 0.717) is 11.5 Å². The molecule has 4 heteroatoms. The van der Waals surface area contributed by atoms with Crippen LogP contribution in [0.4, 0.5) is 0 Å². The Morgan fingerprint density at radius 3 is 2.36 bits per heavy atom. The van der Waals surface area contributed by atoms with Gasteiger partial charge in [0.25, 0.3) is 0 Å². The molecule has 1 N–H and O–H groups in total. The summed E-state index contributed by atoms with van der Waals surface area (Å²) in [6.45, 7) is 1.70. The third-order valence-corrected chi connectivity index (χ3v) is 2.53. The number of ether oxygens (including phenoxy) is 2. The molecule has 3 nitrogen and oxygen atoms in total. The Balaban J connectivity index is 3.24. The molecule has 1 aromatic carbocycles. The minimum atomic E-state index is -0.522. The summed E-state index contributed by atoms with van der Waals surface area (Å²) in [5.74, 6) is 1.25. The van der Waals surface area contributed by atoms with Gasteiger partial charge in [0.05, 0.1) is 24.8 Å². The van der Waals surface area contributed by atoms with Crippen molar-refractivity contribution in [3.63, 3.8) is 0 Å². The van der Waals surface area contributed by atoms with E-state index in [-0.39, 0.29) is 0 Å². The molecule has 0 aliphatic heterocycles. The molecule has 0 heterocycles. The molecule has 0 saturated heterocycles. The first-order valence-corrected chi connectivity index (χ1v) is 4.99.